The van der Waals surface area contributed by atoms with E-state index < -0.39 is 0 Å². The Morgan fingerprint density at radius 3 is 2.43 bits per heavy atom. The van der Waals surface area contributed by atoms with Gasteiger partial charge in [0.1, 0.15) is 5.75 Å². The van der Waals surface area contributed by atoms with Crippen molar-refractivity contribution in [2.24, 2.45) is 0 Å². The van der Waals surface area contributed by atoms with Gasteiger partial charge in [-0.1, -0.05) is 18.6 Å². The molecule has 1 aromatic rings. The first-order valence-electron chi connectivity index (χ1n) is 7.56. The van der Waals surface area contributed by atoms with Crippen molar-refractivity contribution in [3.8, 4) is 5.75 Å². The van der Waals surface area contributed by atoms with Gasteiger partial charge in [0.15, 0.2) is 5.11 Å². The Kier molecular flexibility index (Phi) is 5.82. The molecule has 0 bridgehead atoms. The van der Waals surface area contributed by atoms with Gasteiger partial charge in [-0.05, 0) is 56.6 Å². The van der Waals surface area contributed by atoms with Gasteiger partial charge in [-0.15, -0.1) is 0 Å². The van der Waals surface area contributed by atoms with Crippen molar-refractivity contribution in [2.45, 2.75) is 51.7 Å². The van der Waals surface area contributed by atoms with Crippen LogP contribution < -0.4 is 15.5 Å². The molecule has 116 valence electrons. The van der Waals surface area contributed by atoms with Crippen molar-refractivity contribution in [1.82, 2.24) is 15.8 Å². The number of thiocarbonyl (C=S) groups is 1. The molecule has 21 heavy (non-hydrogen) atoms. The molecule has 4 nitrogen and oxygen atoms in total. The summed E-state index contributed by atoms with van der Waals surface area (Å²) >= 11 is 5.40. The molecule has 0 unspecified atom stereocenters. The lowest BCUT2D eigenvalue weighted by atomic mass is 10.00. The molecule has 2 atom stereocenters. The van der Waals surface area contributed by atoms with Crippen LogP contribution in [0.5, 0.6) is 5.75 Å². The average molecular weight is 307 g/mol. The van der Waals surface area contributed by atoms with Crippen LogP contribution in [0.3, 0.4) is 0 Å². The SMILES string of the molecule is COc1ccc(CNC(=S)NN2[C@@H](C)CCC[C@@H]2C)cc1. The second-order valence-electron chi connectivity index (χ2n) is 5.68. The fraction of sp³-hybridized carbons (Fsp3) is 0.562. The van der Waals surface area contributed by atoms with E-state index in [1.165, 1.54) is 24.8 Å². The lowest BCUT2D eigenvalue weighted by Crippen LogP contribution is -2.56. The highest BCUT2D eigenvalue weighted by Crippen LogP contribution is 2.20. The summed E-state index contributed by atoms with van der Waals surface area (Å²) in [7, 11) is 1.67. The van der Waals surface area contributed by atoms with E-state index in [2.05, 4.69) is 29.6 Å². The molecular weight excluding hydrogens is 282 g/mol. The number of rotatable bonds is 4. The maximum Gasteiger partial charge on any atom is 0.181 e. The summed E-state index contributed by atoms with van der Waals surface area (Å²) in [6.45, 7) is 5.20. The molecule has 2 N–H and O–H groups in total. The van der Waals surface area contributed by atoms with Gasteiger partial charge in [-0.3, -0.25) is 5.43 Å². The number of hydrogen-bond donors (Lipinski definition) is 2. The molecule has 0 spiro atoms. The Balaban J connectivity index is 1.81. The van der Waals surface area contributed by atoms with Crippen molar-refractivity contribution in [3.63, 3.8) is 0 Å². The smallest absolute Gasteiger partial charge is 0.181 e. The van der Waals surface area contributed by atoms with Crippen molar-refractivity contribution in [3.05, 3.63) is 29.8 Å². The quantitative estimate of drug-likeness (QED) is 0.837. The van der Waals surface area contributed by atoms with E-state index in [-0.39, 0.29) is 0 Å². The Bertz CT molecular complexity index is 453. The third-order valence-electron chi connectivity index (χ3n) is 4.04. The number of nitrogens with one attached hydrogen (secondary N) is 2. The topological polar surface area (TPSA) is 36.5 Å². The summed E-state index contributed by atoms with van der Waals surface area (Å²) in [5, 5.41) is 6.22. The van der Waals surface area contributed by atoms with Crippen molar-refractivity contribution < 1.29 is 4.74 Å². The number of hydrogen-bond acceptors (Lipinski definition) is 3. The highest BCUT2D eigenvalue weighted by Gasteiger charge is 2.25. The molecule has 1 aliphatic heterocycles. The van der Waals surface area contributed by atoms with Gasteiger partial charge in [-0.25, -0.2) is 5.01 Å². The van der Waals surface area contributed by atoms with Crippen LogP contribution in [0.25, 0.3) is 0 Å². The maximum absolute atomic E-state index is 5.40. The molecular formula is C16H25N3OS. The van der Waals surface area contributed by atoms with Crippen molar-refractivity contribution >= 4 is 17.3 Å². The van der Waals surface area contributed by atoms with Gasteiger partial charge in [0.2, 0.25) is 0 Å². The Hall–Kier alpha value is -1.33. The summed E-state index contributed by atoms with van der Waals surface area (Å²) in [4.78, 5) is 0. The number of ether oxygens (including phenoxy) is 1. The fourth-order valence-electron chi connectivity index (χ4n) is 2.72. The van der Waals surface area contributed by atoms with Crippen molar-refractivity contribution in [2.75, 3.05) is 7.11 Å². The molecule has 0 saturated carbocycles. The Morgan fingerprint density at radius 1 is 1.24 bits per heavy atom. The number of benzene rings is 1. The van der Waals surface area contributed by atoms with E-state index in [1.54, 1.807) is 7.11 Å². The van der Waals surface area contributed by atoms with E-state index >= 15 is 0 Å². The molecule has 2 rings (SSSR count). The van der Waals surface area contributed by atoms with Crippen LogP contribution in [0.4, 0.5) is 0 Å². The standard InChI is InChI=1S/C16H25N3OS/c1-12-5-4-6-13(2)19(12)18-16(21)17-11-14-7-9-15(20-3)10-8-14/h7-10,12-13H,4-6,11H2,1-3H3,(H2,17,18,21)/t12-,13-/m0/s1. The molecule has 0 aliphatic carbocycles. The van der Waals surface area contributed by atoms with Crippen molar-refractivity contribution in [1.29, 1.82) is 0 Å². The third-order valence-corrected chi connectivity index (χ3v) is 4.27. The lowest BCUT2D eigenvalue weighted by molar-refractivity contribution is 0.0736. The third kappa shape index (κ3) is 4.58. The van der Waals surface area contributed by atoms with Gasteiger partial charge >= 0.3 is 0 Å². The first-order chi connectivity index (χ1) is 10.1. The zero-order valence-electron chi connectivity index (χ0n) is 13.1. The van der Waals surface area contributed by atoms with Gasteiger partial charge in [0.05, 0.1) is 7.11 Å². The summed E-state index contributed by atoms with van der Waals surface area (Å²) < 4.78 is 5.15. The van der Waals surface area contributed by atoms with Gasteiger partial charge in [0.25, 0.3) is 0 Å². The van der Waals surface area contributed by atoms with Crippen LogP contribution in [0.1, 0.15) is 38.7 Å². The molecule has 1 aliphatic rings. The molecule has 1 aromatic carbocycles. The first-order valence-corrected chi connectivity index (χ1v) is 7.96. The van der Waals surface area contributed by atoms with E-state index in [4.69, 9.17) is 17.0 Å². The maximum atomic E-state index is 5.40. The molecule has 1 heterocycles. The van der Waals surface area contributed by atoms with E-state index in [0.717, 1.165) is 5.75 Å². The Labute approximate surface area is 132 Å². The minimum absolute atomic E-state index is 0.523. The highest BCUT2D eigenvalue weighted by atomic mass is 32.1. The largest absolute Gasteiger partial charge is 0.497 e. The zero-order chi connectivity index (χ0) is 15.2. The lowest BCUT2D eigenvalue weighted by Gasteiger charge is -2.39. The average Bonchev–Trinajstić information content (AvgIpc) is 2.49. The van der Waals surface area contributed by atoms with Crippen LogP contribution in [0, 0.1) is 0 Å². The monoisotopic (exact) mass is 307 g/mol. The normalized spacial score (nSPS) is 22.6. The minimum atomic E-state index is 0.523. The molecule has 1 saturated heterocycles. The second kappa shape index (κ2) is 7.61. The number of nitrogens with zero attached hydrogens (tertiary/aromatic N) is 1. The number of hydrazine groups is 1. The second-order valence-corrected chi connectivity index (χ2v) is 6.09. The van der Waals surface area contributed by atoms with E-state index in [9.17, 15) is 0 Å². The van der Waals surface area contributed by atoms with Gasteiger partial charge in [0, 0.05) is 18.6 Å². The highest BCUT2D eigenvalue weighted by molar-refractivity contribution is 7.80. The zero-order valence-corrected chi connectivity index (χ0v) is 13.9. The predicted molar refractivity (Wildman–Crippen MR) is 90.2 cm³/mol. The molecule has 0 radical (unpaired) electrons. The molecule has 0 aromatic heterocycles. The van der Waals surface area contributed by atoms with E-state index in [0.29, 0.717) is 23.7 Å². The van der Waals surface area contributed by atoms with Crippen LogP contribution in [-0.2, 0) is 6.54 Å². The number of methoxy groups -OCH3 is 1. The predicted octanol–water partition coefficient (Wildman–Crippen LogP) is 2.84. The van der Waals surface area contributed by atoms with Gasteiger partial charge < -0.3 is 10.1 Å². The first kappa shape index (κ1) is 16.0. The molecule has 5 heteroatoms. The number of piperidine rings is 1. The summed E-state index contributed by atoms with van der Waals surface area (Å²) in [6.07, 6.45) is 3.74. The summed E-state index contributed by atoms with van der Waals surface area (Å²) in [6, 6.07) is 9.05. The summed E-state index contributed by atoms with van der Waals surface area (Å²) in [5.74, 6) is 0.871. The van der Waals surface area contributed by atoms with Crippen LogP contribution >= 0.6 is 12.2 Å². The summed E-state index contributed by atoms with van der Waals surface area (Å²) in [5.41, 5.74) is 4.52. The molecule has 0 amide bonds. The fourth-order valence-corrected chi connectivity index (χ4v) is 2.90. The van der Waals surface area contributed by atoms with Crippen LogP contribution in [0.15, 0.2) is 24.3 Å². The molecule has 1 fully saturated rings. The van der Waals surface area contributed by atoms with Crippen LogP contribution in [-0.4, -0.2) is 29.3 Å². The van der Waals surface area contributed by atoms with Gasteiger partial charge in [-0.2, -0.15) is 0 Å². The van der Waals surface area contributed by atoms with Crippen LogP contribution in [0.2, 0.25) is 0 Å². The van der Waals surface area contributed by atoms with E-state index in [1.807, 2.05) is 24.3 Å². The minimum Gasteiger partial charge on any atom is -0.497 e. The Morgan fingerprint density at radius 2 is 1.86 bits per heavy atom.